The van der Waals surface area contributed by atoms with E-state index in [9.17, 15) is 4.79 Å². The van der Waals surface area contributed by atoms with Gasteiger partial charge in [0.25, 0.3) is 0 Å². The molecule has 0 spiro atoms. The smallest absolute Gasteiger partial charge is 0.217 e. The van der Waals surface area contributed by atoms with Crippen molar-refractivity contribution in [3.63, 3.8) is 0 Å². The quantitative estimate of drug-likeness (QED) is 0.561. The second-order valence-corrected chi connectivity index (χ2v) is 3.81. The largest absolute Gasteiger partial charge is 0.377 e. The normalized spacial score (nSPS) is 10.2. The van der Waals surface area contributed by atoms with Crippen LogP contribution in [0.2, 0.25) is 5.15 Å². The number of nitrogens with zero attached hydrogens (tertiary/aromatic N) is 2. The fraction of sp³-hybridized carbons (Fsp3) is 0.500. The third-order valence-electron chi connectivity index (χ3n) is 1.92. The Morgan fingerprint density at radius 1 is 1.59 bits per heavy atom. The first-order chi connectivity index (χ1) is 8.11. The highest BCUT2D eigenvalue weighted by molar-refractivity contribution is 6.29. The molecular formula is C10H15ClN4O2. The summed E-state index contributed by atoms with van der Waals surface area (Å²) < 4.78 is 4.92. The van der Waals surface area contributed by atoms with Gasteiger partial charge in [-0.3, -0.25) is 4.79 Å². The van der Waals surface area contributed by atoms with Crippen LogP contribution in [-0.4, -0.2) is 29.5 Å². The molecule has 0 aromatic carbocycles. The molecule has 0 aliphatic rings. The summed E-state index contributed by atoms with van der Waals surface area (Å²) in [7, 11) is 1.56. The Labute approximate surface area is 105 Å². The Bertz CT molecular complexity index is 387. The monoisotopic (exact) mass is 258 g/mol. The molecule has 1 aromatic heterocycles. The first-order valence-electron chi connectivity index (χ1n) is 5.16. The van der Waals surface area contributed by atoms with Crippen molar-refractivity contribution in [2.24, 2.45) is 5.73 Å². The molecule has 3 N–H and O–H groups in total. The fourth-order valence-corrected chi connectivity index (χ4v) is 1.43. The maximum absolute atomic E-state index is 10.5. The van der Waals surface area contributed by atoms with Gasteiger partial charge in [0, 0.05) is 26.1 Å². The molecule has 0 fully saturated rings. The van der Waals surface area contributed by atoms with Crippen molar-refractivity contribution in [1.29, 1.82) is 0 Å². The summed E-state index contributed by atoms with van der Waals surface area (Å²) in [5, 5.41) is 3.39. The van der Waals surface area contributed by atoms with Crippen molar-refractivity contribution in [2.45, 2.75) is 19.4 Å². The predicted octanol–water partition coefficient (Wildman–Crippen LogP) is 0.954. The first kappa shape index (κ1) is 13.7. The summed E-state index contributed by atoms with van der Waals surface area (Å²) in [5.74, 6) is 0.812. The summed E-state index contributed by atoms with van der Waals surface area (Å²) in [6.07, 6.45) is 0.993. The maximum atomic E-state index is 10.5. The molecule has 17 heavy (non-hydrogen) atoms. The molecule has 0 aliphatic carbocycles. The van der Waals surface area contributed by atoms with Crippen LogP contribution >= 0.6 is 11.6 Å². The molecule has 0 saturated carbocycles. The van der Waals surface area contributed by atoms with Crippen LogP contribution in [0.5, 0.6) is 0 Å². The van der Waals surface area contributed by atoms with Gasteiger partial charge >= 0.3 is 0 Å². The van der Waals surface area contributed by atoms with E-state index in [2.05, 4.69) is 15.3 Å². The van der Waals surface area contributed by atoms with E-state index in [1.165, 1.54) is 0 Å². The standard InChI is InChI=1S/C10H15ClN4O2/c1-17-6-10-14-7(11)5-9(15-10)13-4-2-3-8(12)16/h5H,2-4,6H2,1H3,(H2,12,16)(H,13,14,15). The molecular weight excluding hydrogens is 244 g/mol. The highest BCUT2D eigenvalue weighted by Crippen LogP contribution is 2.12. The number of carbonyl (C=O) groups is 1. The summed E-state index contributed by atoms with van der Waals surface area (Å²) >= 11 is 5.83. The molecule has 0 saturated heterocycles. The van der Waals surface area contributed by atoms with E-state index in [0.29, 0.717) is 42.8 Å². The third kappa shape index (κ3) is 5.46. The summed E-state index contributed by atoms with van der Waals surface area (Å²) in [6, 6.07) is 1.62. The van der Waals surface area contributed by atoms with Gasteiger partial charge in [-0.1, -0.05) is 11.6 Å². The molecule has 6 nitrogen and oxygen atoms in total. The number of anilines is 1. The van der Waals surface area contributed by atoms with Gasteiger partial charge in [0.05, 0.1) is 0 Å². The van der Waals surface area contributed by atoms with Gasteiger partial charge in [0.15, 0.2) is 5.82 Å². The molecule has 1 heterocycles. The molecule has 0 bridgehead atoms. The number of carbonyl (C=O) groups excluding carboxylic acids is 1. The Morgan fingerprint density at radius 3 is 3.00 bits per heavy atom. The lowest BCUT2D eigenvalue weighted by molar-refractivity contribution is -0.118. The van der Waals surface area contributed by atoms with Gasteiger partial charge in [-0.25, -0.2) is 9.97 Å². The molecule has 0 atom stereocenters. The van der Waals surface area contributed by atoms with Crippen molar-refractivity contribution in [2.75, 3.05) is 19.0 Å². The van der Waals surface area contributed by atoms with Gasteiger partial charge in [-0.2, -0.15) is 0 Å². The van der Waals surface area contributed by atoms with Crippen LogP contribution in [0.25, 0.3) is 0 Å². The number of nitrogens with two attached hydrogens (primary N) is 1. The van der Waals surface area contributed by atoms with Crippen molar-refractivity contribution in [3.05, 3.63) is 17.0 Å². The highest BCUT2D eigenvalue weighted by Gasteiger charge is 2.03. The van der Waals surface area contributed by atoms with Crippen LogP contribution in [0, 0.1) is 0 Å². The number of amides is 1. The Morgan fingerprint density at radius 2 is 2.35 bits per heavy atom. The van der Waals surface area contributed by atoms with Crippen LogP contribution < -0.4 is 11.1 Å². The van der Waals surface area contributed by atoms with Gasteiger partial charge in [-0.05, 0) is 6.42 Å². The van der Waals surface area contributed by atoms with E-state index < -0.39 is 0 Å². The minimum absolute atomic E-state index is 0.302. The molecule has 1 aromatic rings. The number of aromatic nitrogens is 2. The Balaban J connectivity index is 2.49. The van der Waals surface area contributed by atoms with Crippen LogP contribution in [-0.2, 0) is 16.1 Å². The molecule has 7 heteroatoms. The van der Waals surface area contributed by atoms with Crippen molar-refractivity contribution in [1.82, 2.24) is 9.97 Å². The number of primary amides is 1. The topological polar surface area (TPSA) is 90.1 Å². The second-order valence-electron chi connectivity index (χ2n) is 3.42. The van der Waals surface area contributed by atoms with Gasteiger partial charge in [0.1, 0.15) is 17.6 Å². The average Bonchev–Trinajstić information content (AvgIpc) is 2.24. The van der Waals surface area contributed by atoms with Crippen molar-refractivity contribution < 1.29 is 9.53 Å². The minimum Gasteiger partial charge on any atom is -0.377 e. The highest BCUT2D eigenvalue weighted by atomic mass is 35.5. The van der Waals surface area contributed by atoms with E-state index in [1.807, 2.05) is 0 Å². The zero-order chi connectivity index (χ0) is 12.7. The Hall–Kier alpha value is -1.40. The number of hydrogen-bond donors (Lipinski definition) is 2. The number of nitrogens with one attached hydrogen (secondary N) is 1. The molecule has 0 unspecified atom stereocenters. The van der Waals surface area contributed by atoms with Crippen LogP contribution in [0.15, 0.2) is 6.07 Å². The molecule has 0 radical (unpaired) electrons. The number of halogens is 1. The fourth-order valence-electron chi connectivity index (χ4n) is 1.23. The maximum Gasteiger partial charge on any atom is 0.217 e. The van der Waals surface area contributed by atoms with Crippen LogP contribution in [0.4, 0.5) is 5.82 Å². The first-order valence-corrected chi connectivity index (χ1v) is 5.54. The summed E-state index contributed by atoms with van der Waals surface area (Å²) in [6.45, 7) is 0.902. The summed E-state index contributed by atoms with van der Waals surface area (Å²) in [5.41, 5.74) is 5.03. The van der Waals surface area contributed by atoms with Crippen molar-refractivity contribution >= 4 is 23.3 Å². The summed E-state index contributed by atoms with van der Waals surface area (Å²) in [4.78, 5) is 18.7. The number of ether oxygens (including phenoxy) is 1. The number of methoxy groups -OCH3 is 1. The van der Waals surface area contributed by atoms with Crippen molar-refractivity contribution in [3.8, 4) is 0 Å². The lowest BCUT2D eigenvalue weighted by Crippen LogP contribution is -2.13. The van der Waals surface area contributed by atoms with E-state index in [0.717, 1.165) is 0 Å². The number of hydrogen-bond acceptors (Lipinski definition) is 5. The molecule has 1 amide bonds. The van der Waals surface area contributed by atoms with Crippen LogP contribution in [0.1, 0.15) is 18.7 Å². The average molecular weight is 259 g/mol. The lowest BCUT2D eigenvalue weighted by Gasteiger charge is -2.06. The van der Waals surface area contributed by atoms with E-state index in [1.54, 1.807) is 13.2 Å². The Kier molecular flexibility index (Phi) is 5.65. The number of rotatable bonds is 7. The zero-order valence-electron chi connectivity index (χ0n) is 9.57. The SMILES string of the molecule is COCc1nc(Cl)cc(NCCCC(N)=O)n1. The molecule has 1 rings (SSSR count). The van der Waals surface area contributed by atoms with E-state index in [4.69, 9.17) is 22.1 Å². The molecule has 0 aliphatic heterocycles. The lowest BCUT2D eigenvalue weighted by atomic mass is 10.3. The van der Waals surface area contributed by atoms with Gasteiger partial charge < -0.3 is 15.8 Å². The van der Waals surface area contributed by atoms with E-state index in [-0.39, 0.29) is 5.91 Å². The zero-order valence-corrected chi connectivity index (χ0v) is 10.3. The van der Waals surface area contributed by atoms with Gasteiger partial charge in [0.2, 0.25) is 5.91 Å². The predicted molar refractivity (Wildman–Crippen MR) is 64.7 cm³/mol. The van der Waals surface area contributed by atoms with Crippen LogP contribution in [0.3, 0.4) is 0 Å². The third-order valence-corrected chi connectivity index (χ3v) is 2.11. The van der Waals surface area contributed by atoms with E-state index >= 15 is 0 Å². The minimum atomic E-state index is -0.312. The van der Waals surface area contributed by atoms with Gasteiger partial charge in [-0.15, -0.1) is 0 Å². The molecule has 94 valence electrons. The second kappa shape index (κ2) is 7.03.